The van der Waals surface area contributed by atoms with Crippen molar-refractivity contribution < 1.29 is 23.2 Å². The summed E-state index contributed by atoms with van der Waals surface area (Å²) in [4.78, 5) is 15.2. The first-order valence-electron chi connectivity index (χ1n) is 5.69. The van der Waals surface area contributed by atoms with Crippen LogP contribution in [-0.2, 0) is 11.0 Å². The van der Waals surface area contributed by atoms with Gasteiger partial charge in [0.05, 0.1) is 11.6 Å². The Bertz CT molecular complexity index is 545. The van der Waals surface area contributed by atoms with Gasteiger partial charge < -0.3 is 10.5 Å². The van der Waals surface area contributed by atoms with Crippen LogP contribution in [0.1, 0.15) is 18.4 Å². The lowest BCUT2D eigenvalue weighted by Gasteiger charge is -2.08. The van der Waals surface area contributed by atoms with Crippen molar-refractivity contribution in [2.45, 2.75) is 25.1 Å². The monoisotopic (exact) mass is 275 g/mol. The fraction of sp³-hybridized carbons (Fsp3) is 0.455. The zero-order chi connectivity index (χ0) is 14.0. The van der Waals surface area contributed by atoms with Gasteiger partial charge in [0.25, 0.3) is 5.91 Å². The molecule has 5 nitrogen and oxygen atoms in total. The SMILES string of the molecule is O=C(N=c1cc(C(F)(F)F)ccn1O)[C@@H]1CCCN1. The number of nitrogens with one attached hydrogen (secondary N) is 1. The summed E-state index contributed by atoms with van der Waals surface area (Å²) >= 11 is 0. The molecule has 2 heterocycles. The normalized spacial score (nSPS) is 20.8. The third-order valence-electron chi connectivity index (χ3n) is 2.83. The van der Waals surface area contributed by atoms with Gasteiger partial charge in [-0.15, -0.1) is 0 Å². The Kier molecular flexibility index (Phi) is 3.61. The van der Waals surface area contributed by atoms with Crippen molar-refractivity contribution in [2.75, 3.05) is 6.54 Å². The van der Waals surface area contributed by atoms with Crippen LogP contribution in [0.4, 0.5) is 13.2 Å². The fourth-order valence-electron chi connectivity index (χ4n) is 1.83. The zero-order valence-electron chi connectivity index (χ0n) is 9.81. The van der Waals surface area contributed by atoms with E-state index in [2.05, 4.69) is 10.3 Å². The largest absolute Gasteiger partial charge is 0.427 e. The molecule has 1 atom stereocenters. The topological polar surface area (TPSA) is 66.6 Å². The molecule has 0 unspecified atom stereocenters. The molecular weight excluding hydrogens is 263 g/mol. The number of hydrogen-bond donors (Lipinski definition) is 2. The molecular formula is C11H12F3N3O2. The lowest BCUT2D eigenvalue weighted by molar-refractivity contribution is -0.138. The Morgan fingerprint density at radius 3 is 2.84 bits per heavy atom. The number of carbonyl (C=O) groups is 1. The number of amides is 1. The summed E-state index contributed by atoms with van der Waals surface area (Å²) in [6, 6.07) is 0.846. The maximum Gasteiger partial charge on any atom is 0.416 e. The molecule has 1 aromatic rings. The third-order valence-corrected chi connectivity index (χ3v) is 2.83. The van der Waals surface area contributed by atoms with Gasteiger partial charge in [-0.25, -0.2) is 0 Å². The van der Waals surface area contributed by atoms with Gasteiger partial charge in [0, 0.05) is 6.20 Å². The second-order valence-corrected chi connectivity index (χ2v) is 4.21. The maximum absolute atomic E-state index is 12.5. The van der Waals surface area contributed by atoms with E-state index in [4.69, 9.17) is 0 Å². The molecule has 0 aliphatic carbocycles. The molecule has 0 radical (unpaired) electrons. The zero-order valence-corrected chi connectivity index (χ0v) is 9.81. The highest BCUT2D eigenvalue weighted by Gasteiger charge is 2.31. The molecule has 2 rings (SSSR count). The van der Waals surface area contributed by atoms with E-state index in [1.807, 2.05) is 0 Å². The van der Waals surface area contributed by atoms with Gasteiger partial charge in [-0.05, 0) is 31.5 Å². The molecule has 1 fully saturated rings. The second kappa shape index (κ2) is 5.04. The lowest BCUT2D eigenvalue weighted by Crippen LogP contribution is -2.32. The number of halogens is 3. The van der Waals surface area contributed by atoms with E-state index in [9.17, 15) is 23.2 Å². The second-order valence-electron chi connectivity index (χ2n) is 4.21. The summed E-state index contributed by atoms with van der Waals surface area (Å²) in [6.07, 6.45) is -2.34. The Balaban J connectivity index is 2.35. The fourth-order valence-corrected chi connectivity index (χ4v) is 1.83. The molecule has 104 valence electrons. The number of nitrogens with zero attached hydrogens (tertiary/aromatic N) is 2. The quantitative estimate of drug-likeness (QED) is 0.749. The van der Waals surface area contributed by atoms with E-state index >= 15 is 0 Å². The van der Waals surface area contributed by atoms with Gasteiger partial charge in [-0.1, -0.05) is 0 Å². The van der Waals surface area contributed by atoms with Gasteiger partial charge in [0.2, 0.25) is 0 Å². The van der Waals surface area contributed by atoms with E-state index < -0.39 is 29.2 Å². The summed E-state index contributed by atoms with van der Waals surface area (Å²) < 4.78 is 37.9. The Hall–Kier alpha value is -1.83. The van der Waals surface area contributed by atoms with Crippen LogP contribution in [0.3, 0.4) is 0 Å². The van der Waals surface area contributed by atoms with Crippen molar-refractivity contribution in [3.63, 3.8) is 0 Å². The van der Waals surface area contributed by atoms with Crippen LogP contribution >= 0.6 is 0 Å². The summed E-state index contributed by atoms with van der Waals surface area (Å²) in [7, 11) is 0. The van der Waals surface area contributed by atoms with Crippen LogP contribution < -0.4 is 10.8 Å². The van der Waals surface area contributed by atoms with Gasteiger partial charge in [-0.2, -0.15) is 22.9 Å². The third kappa shape index (κ3) is 3.14. The molecule has 0 aromatic carbocycles. The summed E-state index contributed by atoms with van der Waals surface area (Å²) in [5.74, 6) is -0.584. The molecule has 1 aromatic heterocycles. The number of hydrogen-bond acceptors (Lipinski definition) is 3. The minimum atomic E-state index is -4.55. The van der Waals surface area contributed by atoms with Gasteiger partial charge in [-0.3, -0.25) is 4.79 Å². The number of carbonyl (C=O) groups excluding carboxylic acids is 1. The van der Waals surface area contributed by atoms with Crippen LogP contribution in [0.15, 0.2) is 23.3 Å². The minimum absolute atomic E-state index is 0.391. The molecule has 0 spiro atoms. The van der Waals surface area contributed by atoms with Crippen molar-refractivity contribution in [1.29, 1.82) is 0 Å². The predicted molar refractivity (Wildman–Crippen MR) is 58.2 cm³/mol. The smallest absolute Gasteiger partial charge is 0.416 e. The maximum atomic E-state index is 12.5. The molecule has 8 heteroatoms. The first-order chi connectivity index (χ1) is 8.88. The van der Waals surface area contributed by atoms with E-state index in [1.165, 1.54) is 0 Å². The van der Waals surface area contributed by atoms with Crippen molar-refractivity contribution >= 4 is 5.91 Å². The van der Waals surface area contributed by atoms with Crippen LogP contribution in [0.25, 0.3) is 0 Å². The highest BCUT2D eigenvalue weighted by atomic mass is 19.4. The van der Waals surface area contributed by atoms with Gasteiger partial charge in [0.15, 0.2) is 5.49 Å². The molecule has 1 saturated heterocycles. The van der Waals surface area contributed by atoms with E-state index in [1.54, 1.807) is 0 Å². The molecule has 1 amide bonds. The summed E-state index contributed by atoms with van der Waals surface area (Å²) in [5.41, 5.74) is -1.41. The number of alkyl halides is 3. The van der Waals surface area contributed by atoms with Crippen LogP contribution in [0.2, 0.25) is 0 Å². The number of aromatic nitrogens is 1. The first-order valence-corrected chi connectivity index (χ1v) is 5.69. The van der Waals surface area contributed by atoms with Gasteiger partial charge >= 0.3 is 6.18 Å². The van der Waals surface area contributed by atoms with Crippen molar-refractivity contribution in [1.82, 2.24) is 10.0 Å². The van der Waals surface area contributed by atoms with E-state index in [0.29, 0.717) is 29.8 Å². The molecule has 2 N–H and O–H groups in total. The predicted octanol–water partition coefficient (Wildman–Crippen LogP) is 0.923. The average molecular weight is 275 g/mol. The lowest BCUT2D eigenvalue weighted by atomic mass is 10.2. The molecule has 0 saturated carbocycles. The number of rotatable bonds is 1. The summed E-state index contributed by atoms with van der Waals surface area (Å²) in [6.45, 7) is 0.674. The standard InChI is InChI=1S/C11H12F3N3O2/c12-11(13,14)7-3-5-17(19)9(6-7)16-10(18)8-2-1-4-15-8/h3,5-6,8,15,19H,1-2,4H2/t8-/m0/s1. The van der Waals surface area contributed by atoms with Crippen molar-refractivity contribution in [3.05, 3.63) is 29.4 Å². The highest BCUT2D eigenvalue weighted by Crippen LogP contribution is 2.27. The van der Waals surface area contributed by atoms with Crippen LogP contribution in [0, 0.1) is 0 Å². The van der Waals surface area contributed by atoms with E-state index in [-0.39, 0.29) is 0 Å². The van der Waals surface area contributed by atoms with Crippen molar-refractivity contribution in [2.24, 2.45) is 4.99 Å². The molecule has 1 aliphatic heterocycles. The molecule has 0 bridgehead atoms. The summed E-state index contributed by atoms with van der Waals surface area (Å²) in [5, 5.41) is 12.3. The average Bonchev–Trinajstić information content (AvgIpc) is 2.84. The van der Waals surface area contributed by atoms with Gasteiger partial charge in [0.1, 0.15) is 0 Å². The Morgan fingerprint density at radius 1 is 1.53 bits per heavy atom. The highest BCUT2D eigenvalue weighted by molar-refractivity contribution is 5.82. The first kappa shape index (κ1) is 13.6. The molecule has 1 aliphatic rings. The minimum Gasteiger partial charge on any atom is -0.427 e. The van der Waals surface area contributed by atoms with Crippen LogP contribution in [0.5, 0.6) is 0 Å². The Morgan fingerprint density at radius 2 is 2.26 bits per heavy atom. The van der Waals surface area contributed by atoms with E-state index in [0.717, 1.165) is 12.6 Å². The Labute approximate surface area is 106 Å². The van der Waals surface area contributed by atoms with Crippen LogP contribution in [-0.4, -0.2) is 28.4 Å². The number of pyridine rings is 1. The molecule has 19 heavy (non-hydrogen) atoms. The van der Waals surface area contributed by atoms with Crippen molar-refractivity contribution in [3.8, 4) is 0 Å².